The number of hydrogen-bond acceptors (Lipinski definition) is 5. The number of carboxylic acids is 1. The number of allylic oxidation sites excluding steroid dienone is 1. The molecule has 2 saturated heterocycles. The fourth-order valence-electron chi connectivity index (χ4n) is 10.2. The van der Waals surface area contributed by atoms with Crippen LogP contribution in [0.4, 0.5) is 0 Å². The van der Waals surface area contributed by atoms with E-state index in [0.717, 1.165) is 38.7 Å². The van der Waals surface area contributed by atoms with Crippen LogP contribution >= 0.6 is 0 Å². The lowest BCUT2D eigenvalue weighted by atomic mass is 9.47. The summed E-state index contributed by atoms with van der Waals surface area (Å²) < 4.78 is 19.1. The average Bonchev–Trinajstić information content (AvgIpc) is 3.30. The Morgan fingerprint density at radius 3 is 2.62 bits per heavy atom. The number of carbonyl (C=O) groups excluding carboxylic acids is 1. The highest BCUT2D eigenvalue weighted by molar-refractivity contribution is 5.76. The minimum Gasteiger partial charge on any atom is -0.481 e. The number of esters is 1. The monoisotopic (exact) mass is 514 g/mol. The molecule has 1 N–H and O–H groups in total. The zero-order valence-corrected chi connectivity index (χ0v) is 23.2. The van der Waals surface area contributed by atoms with E-state index in [2.05, 4.69) is 33.8 Å². The quantitative estimate of drug-likeness (QED) is 0.359. The number of hydrogen-bond donors (Lipinski definition) is 1. The van der Waals surface area contributed by atoms with Crippen LogP contribution < -0.4 is 0 Å². The van der Waals surface area contributed by atoms with Crippen LogP contribution in [0.25, 0.3) is 0 Å². The van der Waals surface area contributed by atoms with Gasteiger partial charge in [0.1, 0.15) is 6.10 Å². The van der Waals surface area contributed by atoms with Gasteiger partial charge in [-0.15, -0.1) is 0 Å². The predicted octanol–water partition coefficient (Wildman–Crippen LogP) is 6.13. The lowest BCUT2D eigenvalue weighted by Gasteiger charge is -2.58. The maximum atomic E-state index is 12.2. The topological polar surface area (TPSA) is 82.1 Å². The Morgan fingerprint density at radius 2 is 1.89 bits per heavy atom. The lowest BCUT2D eigenvalue weighted by molar-refractivity contribution is -0.272. The fourth-order valence-corrected chi connectivity index (χ4v) is 10.2. The van der Waals surface area contributed by atoms with Crippen LogP contribution in [0.2, 0.25) is 0 Å². The van der Waals surface area contributed by atoms with Gasteiger partial charge in [0.05, 0.1) is 25.6 Å². The molecule has 0 aromatic carbocycles. The zero-order chi connectivity index (χ0) is 26.2. The van der Waals surface area contributed by atoms with E-state index in [-0.39, 0.29) is 36.1 Å². The van der Waals surface area contributed by atoms with Crippen molar-refractivity contribution in [1.29, 1.82) is 0 Å². The molecule has 0 bridgehead atoms. The molecule has 5 fully saturated rings. The first kappa shape index (κ1) is 25.9. The molecular formula is C31H46O6. The van der Waals surface area contributed by atoms with Crippen molar-refractivity contribution in [1.82, 2.24) is 0 Å². The minimum atomic E-state index is -0.953. The van der Waals surface area contributed by atoms with Gasteiger partial charge in [-0.2, -0.15) is 0 Å². The van der Waals surface area contributed by atoms with Crippen molar-refractivity contribution in [2.45, 2.75) is 116 Å². The molecule has 0 radical (unpaired) electrons. The van der Waals surface area contributed by atoms with E-state index in [4.69, 9.17) is 19.3 Å². The molecule has 37 heavy (non-hydrogen) atoms. The number of ether oxygens (including phenoxy) is 3. The maximum Gasteiger partial charge on any atom is 0.306 e. The molecule has 6 heteroatoms. The molecule has 6 aliphatic rings. The first-order valence-electron chi connectivity index (χ1n) is 15.0. The average molecular weight is 515 g/mol. The minimum absolute atomic E-state index is 0.0404. The molecule has 6 rings (SSSR count). The Hall–Kier alpha value is -1.40. The van der Waals surface area contributed by atoms with Gasteiger partial charge < -0.3 is 19.3 Å². The Balaban J connectivity index is 1.16. The van der Waals surface area contributed by atoms with Crippen LogP contribution in [0, 0.1) is 46.3 Å². The standard InChI is InChI=1S/C31H46O6/c1-18-9-14-31(35-17-18)19(2)28-25(37-31)16-24-22-6-5-20-15-21(36-27(34)8-7-26(32)33)10-12-29(20,3)23(22)11-13-30(24,28)4/h5,18-19,21-25,28H,6-17H2,1-4H3,(H,32,33)/t18-,19+,21-,22-,23-,24-,25-,28-,29+,30+,31-/m1/s1. The van der Waals surface area contributed by atoms with Crippen LogP contribution in [0.3, 0.4) is 0 Å². The summed E-state index contributed by atoms with van der Waals surface area (Å²) in [6.45, 7) is 10.6. The maximum absolute atomic E-state index is 12.2. The summed E-state index contributed by atoms with van der Waals surface area (Å²) in [7, 11) is 0. The summed E-state index contributed by atoms with van der Waals surface area (Å²) >= 11 is 0. The van der Waals surface area contributed by atoms with Crippen molar-refractivity contribution < 1.29 is 28.9 Å². The summed E-state index contributed by atoms with van der Waals surface area (Å²) in [6.07, 6.45) is 12.4. The van der Waals surface area contributed by atoms with E-state index in [1.54, 1.807) is 0 Å². The highest BCUT2D eigenvalue weighted by atomic mass is 16.7. The zero-order valence-electron chi connectivity index (χ0n) is 23.2. The van der Waals surface area contributed by atoms with E-state index >= 15 is 0 Å². The molecule has 0 unspecified atom stereocenters. The van der Waals surface area contributed by atoms with Gasteiger partial charge in [0, 0.05) is 18.8 Å². The molecule has 2 aliphatic heterocycles. The molecule has 1 spiro atoms. The molecule has 0 aromatic rings. The van der Waals surface area contributed by atoms with E-state index < -0.39 is 5.97 Å². The predicted molar refractivity (Wildman–Crippen MR) is 138 cm³/mol. The second kappa shape index (κ2) is 9.08. The van der Waals surface area contributed by atoms with Gasteiger partial charge in [0.15, 0.2) is 5.79 Å². The Labute approximate surface area is 221 Å². The fraction of sp³-hybridized carbons (Fsp3) is 0.871. The molecule has 4 aliphatic carbocycles. The summed E-state index contributed by atoms with van der Waals surface area (Å²) in [5.74, 6) is 2.08. The highest BCUT2D eigenvalue weighted by Gasteiger charge is 2.68. The first-order valence-corrected chi connectivity index (χ1v) is 15.0. The molecule has 2 heterocycles. The van der Waals surface area contributed by atoms with Crippen LogP contribution in [-0.4, -0.2) is 41.6 Å². The van der Waals surface area contributed by atoms with Crippen molar-refractivity contribution in [2.75, 3.05) is 6.61 Å². The van der Waals surface area contributed by atoms with E-state index in [9.17, 15) is 9.59 Å². The van der Waals surface area contributed by atoms with Gasteiger partial charge in [0.2, 0.25) is 0 Å². The van der Waals surface area contributed by atoms with E-state index in [1.165, 1.54) is 31.3 Å². The number of carboxylic acid groups (broad SMARTS) is 1. The van der Waals surface area contributed by atoms with Gasteiger partial charge >= 0.3 is 11.9 Å². The van der Waals surface area contributed by atoms with Gasteiger partial charge in [-0.25, -0.2) is 0 Å². The highest BCUT2D eigenvalue weighted by Crippen LogP contribution is 2.70. The Bertz CT molecular complexity index is 965. The van der Waals surface area contributed by atoms with Gasteiger partial charge in [-0.3, -0.25) is 9.59 Å². The Kier molecular flexibility index (Phi) is 6.34. The molecule has 6 nitrogen and oxygen atoms in total. The first-order chi connectivity index (χ1) is 17.6. The van der Waals surface area contributed by atoms with Crippen LogP contribution in [-0.2, 0) is 23.8 Å². The van der Waals surface area contributed by atoms with Crippen molar-refractivity contribution >= 4 is 11.9 Å². The third kappa shape index (κ3) is 4.02. The van der Waals surface area contributed by atoms with E-state index in [0.29, 0.717) is 47.0 Å². The lowest BCUT2D eigenvalue weighted by Crippen LogP contribution is -2.52. The number of fused-ring (bicyclic) bond motifs is 7. The van der Waals surface area contributed by atoms with Crippen LogP contribution in [0.15, 0.2) is 11.6 Å². The molecule has 3 saturated carbocycles. The van der Waals surface area contributed by atoms with Gasteiger partial charge in [0.25, 0.3) is 0 Å². The summed E-state index contributed by atoms with van der Waals surface area (Å²) in [6, 6.07) is 0. The van der Waals surface area contributed by atoms with Crippen molar-refractivity contribution in [3.63, 3.8) is 0 Å². The summed E-state index contributed by atoms with van der Waals surface area (Å²) in [5.41, 5.74) is 1.98. The Morgan fingerprint density at radius 1 is 1.08 bits per heavy atom. The third-order valence-corrected chi connectivity index (χ3v) is 12.2. The van der Waals surface area contributed by atoms with Crippen LogP contribution in [0.1, 0.15) is 98.3 Å². The van der Waals surface area contributed by atoms with Gasteiger partial charge in [-0.1, -0.05) is 39.3 Å². The summed E-state index contributed by atoms with van der Waals surface area (Å²) in [5, 5.41) is 8.86. The molecule has 11 atom stereocenters. The number of carbonyl (C=O) groups is 2. The third-order valence-electron chi connectivity index (χ3n) is 12.2. The second-order valence-corrected chi connectivity index (χ2v) is 14.0. The smallest absolute Gasteiger partial charge is 0.306 e. The normalized spacial score (nSPS) is 50.4. The van der Waals surface area contributed by atoms with Gasteiger partial charge in [-0.05, 0) is 85.4 Å². The van der Waals surface area contributed by atoms with Crippen molar-refractivity contribution in [3.8, 4) is 0 Å². The largest absolute Gasteiger partial charge is 0.481 e. The molecular weight excluding hydrogens is 468 g/mol. The number of rotatable bonds is 4. The number of aliphatic carboxylic acids is 1. The summed E-state index contributed by atoms with van der Waals surface area (Å²) in [4.78, 5) is 23.0. The van der Waals surface area contributed by atoms with Crippen molar-refractivity contribution in [2.24, 2.45) is 46.3 Å². The van der Waals surface area contributed by atoms with Crippen molar-refractivity contribution in [3.05, 3.63) is 11.6 Å². The van der Waals surface area contributed by atoms with Crippen LogP contribution in [0.5, 0.6) is 0 Å². The molecule has 0 aromatic heterocycles. The molecule has 0 amide bonds. The van der Waals surface area contributed by atoms with E-state index in [1.807, 2.05) is 0 Å². The second-order valence-electron chi connectivity index (χ2n) is 14.0. The molecule has 206 valence electrons. The SMILES string of the molecule is C[C@@H]1CC[C@@]2(OC1)O[C@@H]1C[C@@H]3[C@@H]4CC=C5C[C@H](OC(=O)CCC(=O)O)CC[C@]5(C)[C@@H]4CC[C@]3(C)[C@@H]1[C@@H]2C.